The molecule has 0 unspecified atom stereocenters. The number of amides is 1. The Kier molecular flexibility index (Phi) is 4.02. The van der Waals surface area contributed by atoms with Crippen LogP contribution in [-0.2, 0) is 24.2 Å². The van der Waals surface area contributed by atoms with Crippen LogP contribution in [0.25, 0.3) is 0 Å². The van der Waals surface area contributed by atoms with Crippen LogP contribution in [0.5, 0.6) is 0 Å². The zero-order valence-corrected chi connectivity index (χ0v) is 12.3. The van der Waals surface area contributed by atoms with Crippen molar-refractivity contribution >= 4 is 11.6 Å². The Morgan fingerprint density at radius 1 is 1.24 bits per heavy atom. The SMILES string of the molecule is Cc1cccc(CC(=O)Nc2cccc3c2CCNC3)c1. The van der Waals surface area contributed by atoms with Crippen LogP contribution >= 0.6 is 0 Å². The Morgan fingerprint density at radius 2 is 2.10 bits per heavy atom. The number of carbonyl (C=O) groups excluding carboxylic acids is 1. The molecule has 0 atom stereocenters. The second kappa shape index (κ2) is 6.10. The maximum Gasteiger partial charge on any atom is 0.228 e. The Morgan fingerprint density at radius 3 is 2.95 bits per heavy atom. The van der Waals surface area contributed by atoms with Gasteiger partial charge in [0.15, 0.2) is 0 Å². The Hall–Kier alpha value is -2.13. The number of anilines is 1. The van der Waals surface area contributed by atoms with E-state index in [0.717, 1.165) is 30.8 Å². The van der Waals surface area contributed by atoms with Gasteiger partial charge in [0.05, 0.1) is 6.42 Å². The van der Waals surface area contributed by atoms with Gasteiger partial charge in [0.1, 0.15) is 0 Å². The lowest BCUT2D eigenvalue weighted by Crippen LogP contribution is -2.25. The average Bonchev–Trinajstić information content (AvgIpc) is 2.47. The van der Waals surface area contributed by atoms with E-state index in [1.807, 2.05) is 37.3 Å². The van der Waals surface area contributed by atoms with Gasteiger partial charge in [0.2, 0.25) is 5.91 Å². The monoisotopic (exact) mass is 280 g/mol. The van der Waals surface area contributed by atoms with Crippen molar-refractivity contribution in [3.63, 3.8) is 0 Å². The molecule has 3 nitrogen and oxygen atoms in total. The average molecular weight is 280 g/mol. The van der Waals surface area contributed by atoms with Crippen molar-refractivity contribution in [2.45, 2.75) is 26.3 Å². The number of fused-ring (bicyclic) bond motifs is 1. The Bertz CT molecular complexity index is 664. The van der Waals surface area contributed by atoms with Gasteiger partial charge in [0.25, 0.3) is 0 Å². The van der Waals surface area contributed by atoms with Gasteiger partial charge in [-0.15, -0.1) is 0 Å². The van der Waals surface area contributed by atoms with E-state index in [2.05, 4.69) is 22.8 Å². The van der Waals surface area contributed by atoms with Gasteiger partial charge < -0.3 is 10.6 Å². The topological polar surface area (TPSA) is 41.1 Å². The van der Waals surface area contributed by atoms with Crippen LogP contribution in [0, 0.1) is 6.92 Å². The number of carbonyl (C=O) groups is 1. The van der Waals surface area contributed by atoms with E-state index in [-0.39, 0.29) is 5.91 Å². The second-order valence-corrected chi connectivity index (χ2v) is 5.58. The number of hydrogen-bond donors (Lipinski definition) is 2. The molecule has 108 valence electrons. The molecule has 2 aromatic rings. The molecule has 3 heteroatoms. The summed E-state index contributed by atoms with van der Waals surface area (Å²) in [4.78, 5) is 12.3. The molecule has 0 saturated heterocycles. The van der Waals surface area contributed by atoms with Crippen LogP contribution in [0.15, 0.2) is 42.5 Å². The number of rotatable bonds is 3. The fourth-order valence-electron chi connectivity index (χ4n) is 2.85. The molecular formula is C18H20N2O. The van der Waals surface area contributed by atoms with Crippen molar-refractivity contribution in [2.75, 3.05) is 11.9 Å². The van der Waals surface area contributed by atoms with Gasteiger partial charge in [-0.1, -0.05) is 42.0 Å². The zero-order valence-electron chi connectivity index (χ0n) is 12.3. The van der Waals surface area contributed by atoms with Crippen molar-refractivity contribution < 1.29 is 4.79 Å². The third-order valence-corrected chi connectivity index (χ3v) is 3.86. The van der Waals surface area contributed by atoms with Crippen LogP contribution in [0.1, 0.15) is 22.3 Å². The quantitative estimate of drug-likeness (QED) is 0.907. The zero-order chi connectivity index (χ0) is 14.7. The standard InChI is InChI=1S/C18H20N2O/c1-13-4-2-5-14(10-13)11-18(21)20-17-7-3-6-15-12-19-9-8-16(15)17/h2-7,10,19H,8-9,11-12H2,1H3,(H,20,21). The molecule has 0 saturated carbocycles. The van der Waals surface area contributed by atoms with E-state index >= 15 is 0 Å². The van der Waals surface area contributed by atoms with E-state index in [9.17, 15) is 4.79 Å². The van der Waals surface area contributed by atoms with Gasteiger partial charge >= 0.3 is 0 Å². The number of aryl methyl sites for hydroxylation is 1. The summed E-state index contributed by atoms with van der Waals surface area (Å²) in [5.74, 6) is 0.0486. The van der Waals surface area contributed by atoms with Gasteiger partial charge in [-0.25, -0.2) is 0 Å². The largest absolute Gasteiger partial charge is 0.326 e. The Labute approximate surface area is 125 Å². The highest BCUT2D eigenvalue weighted by Gasteiger charge is 2.14. The molecule has 1 aliphatic heterocycles. The van der Waals surface area contributed by atoms with E-state index in [0.29, 0.717) is 6.42 Å². The third kappa shape index (κ3) is 3.31. The first-order chi connectivity index (χ1) is 10.2. The molecule has 0 spiro atoms. The van der Waals surface area contributed by atoms with E-state index < -0.39 is 0 Å². The van der Waals surface area contributed by atoms with Gasteiger partial charge in [-0.05, 0) is 42.6 Å². The lowest BCUT2D eigenvalue weighted by atomic mass is 9.99. The van der Waals surface area contributed by atoms with Crippen LogP contribution in [0.3, 0.4) is 0 Å². The summed E-state index contributed by atoms with van der Waals surface area (Å²) in [6, 6.07) is 14.2. The fourth-order valence-corrected chi connectivity index (χ4v) is 2.85. The van der Waals surface area contributed by atoms with Gasteiger partial charge in [0, 0.05) is 12.2 Å². The number of hydrogen-bond acceptors (Lipinski definition) is 2. The highest BCUT2D eigenvalue weighted by molar-refractivity contribution is 5.93. The summed E-state index contributed by atoms with van der Waals surface area (Å²) in [5.41, 5.74) is 5.76. The minimum Gasteiger partial charge on any atom is -0.326 e. The highest BCUT2D eigenvalue weighted by atomic mass is 16.1. The smallest absolute Gasteiger partial charge is 0.228 e. The predicted molar refractivity (Wildman–Crippen MR) is 85.4 cm³/mol. The van der Waals surface area contributed by atoms with Crippen molar-refractivity contribution in [1.29, 1.82) is 0 Å². The van der Waals surface area contributed by atoms with Crippen LogP contribution in [-0.4, -0.2) is 12.5 Å². The number of benzene rings is 2. The summed E-state index contributed by atoms with van der Waals surface area (Å²) >= 11 is 0. The summed E-state index contributed by atoms with van der Waals surface area (Å²) in [7, 11) is 0. The first-order valence-corrected chi connectivity index (χ1v) is 7.39. The van der Waals surface area contributed by atoms with E-state index in [1.54, 1.807) is 0 Å². The van der Waals surface area contributed by atoms with Crippen molar-refractivity contribution in [3.8, 4) is 0 Å². The van der Waals surface area contributed by atoms with Crippen molar-refractivity contribution in [1.82, 2.24) is 5.32 Å². The minimum atomic E-state index is 0.0486. The molecule has 0 radical (unpaired) electrons. The molecule has 1 amide bonds. The summed E-state index contributed by atoms with van der Waals surface area (Å²) in [6.45, 7) is 3.90. The Balaban J connectivity index is 1.73. The molecule has 21 heavy (non-hydrogen) atoms. The van der Waals surface area contributed by atoms with Crippen LogP contribution in [0.2, 0.25) is 0 Å². The fraction of sp³-hybridized carbons (Fsp3) is 0.278. The van der Waals surface area contributed by atoms with Crippen LogP contribution < -0.4 is 10.6 Å². The summed E-state index contributed by atoms with van der Waals surface area (Å²) < 4.78 is 0. The molecule has 1 aliphatic rings. The molecule has 0 aliphatic carbocycles. The first kappa shape index (κ1) is 13.8. The maximum atomic E-state index is 12.3. The highest BCUT2D eigenvalue weighted by Crippen LogP contribution is 2.23. The maximum absolute atomic E-state index is 12.3. The lowest BCUT2D eigenvalue weighted by Gasteiger charge is -2.20. The molecule has 0 aromatic heterocycles. The normalized spacial score (nSPS) is 13.6. The molecule has 0 bridgehead atoms. The van der Waals surface area contributed by atoms with Crippen molar-refractivity contribution in [3.05, 3.63) is 64.7 Å². The molecule has 1 heterocycles. The van der Waals surface area contributed by atoms with Crippen LogP contribution in [0.4, 0.5) is 5.69 Å². The summed E-state index contributed by atoms with van der Waals surface area (Å²) in [6.07, 6.45) is 1.39. The van der Waals surface area contributed by atoms with Crippen molar-refractivity contribution in [2.24, 2.45) is 0 Å². The van der Waals surface area contributed by atoms with E-state index in [1.165, 1.54) is 16.7 Å². The third-order valence-electron chi connectivity index (χ3n) is 3.86. The first-order valence-electron chi connectivity index (χ1n) is 7.39. The van der Waals surface area contributed by atoms with Gasteiger partial charge in [-0.2, -0.15) is 0 Å². The molecule has 0 fully saturated rings. The van der Waals surface area contributed by atoms with E-state index in [4.69, 9.17) is 0 Å². The molecular weight excluding hydrogens is 260 g/mol. The molecule has 2 aromatic carbocycles. The minimum absolute atomic E-state index is 0.0486. The molecule has 2 N–H and O–H groups in total. The molecule has 3 rings (SSSR count). The lowest BCUT2D eigenvalue weighted by molar-refractivity contribution is -0.115. The predicted octanol–water partition coefficient (Wildman–Crippen LogP) is 2.82. The summed E-state index contributed by atoms with van der Waals surface area (Å²) in [5, 5.41) is 6.43. The second-order valence-electron chi connectivity index (χ2n) is 5.58. The number of nitrogens with one attached hydrogen (secondary N) is 2. The van der Waals surface area contributed by atoms with Gasteiger partial charge in [-0.3, -0.25) is 4.79 Å².